The molecule has 0 radical (unpaired) electrons. The van der Waals surface area contributed by atoms with E-state index in [1.165, 1.54) is 0 Å². The molecule has 3 aliphatic rings. The average molecular weight is 322 g/mol. The fraction of sp³-hybridized carbons (Fsp3) is 0.824. The predicted octanol–water partition coefficient (Wildman–Crippen LogP) is 1.38. The van der Waals surface area contributed by atoms with Gasteiger partial charge in [-0.15, -0.1) is 0 Å². The van der Waals surface area contributed by atoms with E-state index in [4.69, 9.17) is 4.74 Å². The Morgan fingerprint density at radius 3 is 2.43 bits per heavy atom. The van der Waals surface area contributed by atoms with Gasteiger partial charge in [0.2, 0.25) is 5.91 Å². The van der Waals surface area contributed by atoms with Gasteiger partial charge >= 0.3 is 5.97 Å². The minimum atomic E-state index is -0.416. The molecular weight excluding hydrogens is 296 g/mol. The number of nitrogens with one attached hydrogen (secondary N) is 1. The van der Waals surface area contributed by atoms with E-state index < -0.39 is 11.9 Å². The van der Waals surface area contributed by atoms with Crippen molar-refractivity contribution >= 4 is 17.8 Å². The van der Waals surface area contributed by atoms with Crippen LogP contribution in [-0.4, -0.2) is 47.9 Å². The second kappa shape index (κ2) is 7.32. The molecule has 6 nitrogen and oxygen atoms in total. The molecule has 0 unspecified atom stereocenters. The Labute approximate surface area is 136 Å². The van der Waals surface area contributed by atoms with Crippen molar-refractivity contribution < 1.29 is 19.1 Å². The number of ether oxygens (including phenoxy) is 1. The Morgan fingerprint density at radius 1 is 1.09 bits per heavy atom. The van der Waals surface area contributed by atoms with Gasteiger partial charge in [0.25, 0.3) is 5.91 Å². The molecule has 1 heterocycles. The number of hydrogen-bond donors (Lipinski definition) is 1. The maximum absolute atomic E-state index is 12.1. The Balaban J connectivity index is 1.41. The van der Waals surface area contributed by atoms with Gasteiger partial charge in [0.1, 0.15) is 0 Å². The summed E-state index contributed by atoms with van der Waals surface area (Å²) in [5.41, 5.74) is 0. The van der Waals surface area contributed by atoms with Crippen molar-refractivity contribution in [3.8, 4) is 0 Å². The highest BCUT2D eigenvalue weighted by Crippen LogP contribution is 2.29. The van der Waals surface area contributed by atoms with Crippen LogP contribution in [0.3, 0.4) is 0 Å². The van der Waals surface area contributed by atoms with E-state index in [0.29, 0.717) is 12.6 Å². The van der Waals surface area contributed by atoms with E-state index >= 15 is 0 Å². The maximum atomic E-state index is 12.1. The number of nitrogens with zero attached hydrogens (tertiary/aromatic N) is 1. The summed E-state index contributed by atoms with van der Waals surface area (Å²) < 4.78 is 5.13. The standard InChI is InChI=1S/C17H26N2O4/c20-15(18-13-5-1-2-6-13)11-23-17(22)12-9-16(21)19(10-12)14-7-3-4-8-14/h12-14H,1-11H2,(H,18,20)/t12-/m0/s1. The lowest BCUT2D eigenvalue weighted by Gasteiger charge is -2.23. The quantitative estimate of drug-likeness (QED) is 0.776. The van der Waals surface area contributed by atoms with Crippen LogP contribution >= 0.6 is 0 Å². The molecule has 2 saturated carbocycles. The van der Waals surface area contributed by atoms with Gasteiger partial charge < -0.3 is 15.0 Å². The predicted molar refractivity (Wildman–Crippen MR) is 83.4 cm³/mol. The van der Waals surface area contributed by atoms with Crippen LogP contribution in [0.15, 0.2) is 0 Å². The summed E-state index contributed by atoms with van der Waals surface area (Å²) in [5.74, 6) is -1.01. The zero-order valence-electron chi connectivity index (χ0n) is 13.6. The Kier molecular flexibility index (Phi) is 5.18. The number of esters is 1. The van der Waals surface area contributed by atoms with Crippen molar-refractivity contribution in [3.05, 3.63) is 0 Å². The van der Waals surface area contributed by atoms with Crippen molar-refractivity contribution in [2.75, 3.05) is 13.2 Å². The summed E-state index contributed by atoms with van der Waals surface area (Å²) >= 11 is 0. The van der Waals surface area contributed by atoms with Crippen LogP contribution in [0.5, 0.6) is 0 Å². The van der Waals surface area contributed by atoms with E-state index in [0.717, 1.165) is 51.4 Å². The number of amides is 2. The van der Waals surface area contributed by atoms with E-state index in [-0.39, 0.29) is 30.9 Å². The van der Waals surface area contributed by atoms with Gasteiger partial charge in [-0.05, 0) is 25.7 Å². The highest BCUT2D eigenvalue weighted by atomic mass is 16.5. The molecule has 0 aromatic heterocycles. The third-order valence-electron chi connectivity index (χ3n) is 5.32. The number of carbonyl (C=O) groups excluding carboxylic acids is 3. The molecule has 3 fully saturated rings. The second-order valence-corrected chi connectivity index (χ2v) is 7.04. The van der Waals surface area contributed by atoms with Crippen LogP contribution in [0, 0.1) is 5.92 Å². The third kappa shape index (κ3) is 4.03. The smallest absolute Gasteiger partial charge is 0.311 e. The first kappa shape index (κ1) is 16.3. The molecule has 0 aromatic rings. The lowest BCUT2D eigenvalue weighted by atomic mass is 10.1. The van der Waals surface area contributed by atoms with Crippen molar-refractivity contribution in [2.45, 2.75) is 69.9 Å². The Morgan fingerprint density at radius 2 is 1.74 bits per heavy atom. The second-order valence-electron chi connectivity index (χ2n) is 7.04. The number of rotatable bonds is 5. The molecule has 0 spiro atoms. The Bertz CT molecular complexity index is 467. The van der Waals surface area contributed by atoms with Gasteiger partial charge in [0.05, 0.1) is 5.92 Å². The minimum Gasteiger partial charge on any atom is -0.455 e. The molecule has 1 aliphatic heterocycles. The molecule has 0 bridgehead atoms. The first-order chi connectivity index (χ1) is 11.1. The topological polar surface area (TPSA) is 75.7 Å². The lowest BCUT2D eigenvalue weighted by Crippen LogP contribution is -2.37. The average Bonchev–Trinajstić information content (AvgIpc) is 3.25. The van der Waals surface area contributed by atoms with Crippen LogP contribution in [0.1, 0.15) is 57.8 Å². The van der Waals surface area contributed by atoms with Gasteiger partial charge in [0, 0.05) is 25.0 Å². The normalized spacial score (nSPS) is 26.0. The van der Waals surface area contributed by atoms with Gasteiger partial charge in [-0.2, -0.15) is 0 Å². The van der Waals surface area contributed by atoms with E-state index in [1.54, 1.807) is 0 Å². The number of hydrogen-bond acceptors (Lipinski definition) is 4. The minimum absolute atomic E-state index is 0.0502. The van der Waals surface area contributed by atoms with Crippen LogP contribution in [0.4, 0.5) is 0 Å². The zero-order chi connectivity index (χ0) is 16.2. The zero-order valence-corrected chi connectivity index (χ0v) is 13.6. The fourth-order valence-corrected chi connectivity index (χ4v) is 4.05. The van der Waals surface area contributed by atoms with E-state index in [1.807, 2.05) is 4.90 Å². The van der Waals surface area contributed by atoms with Gasteiger partial charge in [-0.25, -0.2) is 0 Å². The maximum Gasteiger partial charge on any atom is 0.311 e. The third-order valence-corrected chi connectivity index (χ3v) is 5.32. The molecule has 23 heavy (non-hydrogen) atoms. The molecular formula is C17H26N2O4. The molecule has 1 saturated heterocycles. The summed E-state index contributed by atoms with van der Waals surface area (Å²) in [5, 5.41) is 2.89. The highest BCUT2D eigenvalue weighted by Gasteiger charge is 2.39. The number of carbonyl (C=O) groups is 3. The van der Waals surface area contributed by atoms with Crippen LogP contribution in [0.25, 0.3) is 0 Å². The van der Waals surface area contributed by atoms with Crippen molar-refractivity contribution in [3.63, 3.8) is 0 Å². The first-order valence-corrected chi connectivity index (χ1v) is 8.89. The molecule has 0 aromatic carbocycles. The fourth-order valence-electron chi connectivity index (χ4n) is 4.05. The van der Waals surface area contributed by atoms with Crippen molar-refractivity contribution in [1.82, 2.24) is 10.2 Å². The SMILES string of the molecule is O=C(COC(=O)[C@H]1CC(=O)N(C2CCCC2)C1)NC1CCCC1. The molecule has 6 heteroatoms. The molecule has 2 amide bonds. The van der Waals surface area contributed by atoms with Crippen molar-refractivity contribution in [1.29, 1.82) is 0 Å². The van der Waals surface area contributed by atoms with E-state index in [2.05, 4.69) is 5.32 Å². The lowest BCUT2D eigenvalue weighted by molar-refractivity contribution is -0.152. The van der Waals surface area contributed by atoms with Crippen molar-refractivity contribution in [2.24, 2.45) is 5.92 Å². The van der Waals surface area contributed by atoms with Gasteiger partial charge in [0.15, 0.2) is 6.61 Å². The summed E-state index contributed by atoms with van der Waals surface area (Å²) in [4.78, 5) is 37.8. The largest absolute Gasteiger partial charge is 0.455 e. The monoisotopic (exact) mass is 322 g/mol. The number of likely N-dealkylation sites (tertiary alicyclic amines) is 1. The van der Waals surface area contributed by atoms with Crippen LogP contribution < -0.4 is 5.32 Å². The highest BCUT2D eigenvalue weighted by molar-refractivity contribution is 5.88. The Hall–Kier alpha value is -1.59. The molecule has 2 aliphatic carbocycles. The molecule has 3 rings (SSSR count). The molecule has 1 N–H and O–H groups in total. The summed E-state index contributed by atoms with van der Waals surface area (Å²) in [6, 6.07) is 0.526. The summed E-state index contributed by atoms with van der Waals surface area (Å²) in [6.07, 6.45) is 8.92. The van der Waals surface area contributed by atoms with Crippen LogP contribution in [0.2, 0.25) is 0 Å². The van der Waals surface area contributed by atoms with Gasteiger partial charge in [-0.1, -0.05) is 25.7 Å². The van der Waals surface area contributed by atoms with Crippen LogP contribution in [-0.2, 0) is 19.1 Å². The van der Waals surface area contributed by atoms with E-state index in [9.17, 15) is 14.4 Å². The van der Waals surface area contributed by atoms with Gasteiger partial charge in [-0.3, -0.25) is 14.4 Å². The molecule has 1 atom stereocenters. The molecule has 128 valence electrons. The summed E-state index contributed by atoms with van der Waals surface area (Å²) in [6.45, 7) is 0.218. The summed E-state index contributed by atoms with van der Waals surface area (Å²) in [7, 11) is 0. The first-order valence-electron chi connectivity index (χ1n) is 8.89.